The van der Waals surface area contributed by atoms with Gasteiger partial charge in [0.1, 0.15) is 17.9 Å². The molecule has 2 unspecified atom stereocenters. The van der Waals surface area contributed by atoms with E-state index in [1.807, 2.05) is 0 Å². The van der Waals surface area contributed by atoms with E-state index >= 15 is 0 Å². The average molecular weight is 602 g/mol. The number of aryl methyl sites for hydroxylation is 1. The molecule has 0 aliphatic carbocycles. The summed E-state index contributed by atoms with van der Waals surface area (Å²) >= 11 is -1.44. The van der Waals surface area contributed by atoms with Crippen molar-refractivity contribution in [2.24, 2.45) is 0 Å². The van der Waals surface area contributed by atoms with E-state index in [2.05, 4.69) is 45.1 Å². The molecule has 0 saturated carbocycles. The van der Waals surface area contributed by atoms with Crippen LogP contribution in [0.15, 0.2) is 0 Å². The lowest BCUT2D eigenvalue weighted by atomic mass is 10.0. The van der Waals surface area contributed by atoms with E-state index in [9.17, 15) is 18.9 Å². The van der Waals surface area contributed by atoms with Crippen molar-refractivity contribution in [2.75, 3.05) is 12.3 Å². The van der Waals surface area contributed by atoms with Crippen molar-refractivity contribution in [3.8, 4) is 0 Å². The predicted octanol–water partition coefficient (Wildman–Crippen LogP) is 4.00. The fraction of sp³-hybridized carbons (Fsp3) is 0.852. The lowest BCUT2D eigenvalue weighted by Crippen LogP contribution is -2.33. The Morgan fingerprint density at radius 1 is 0.850 bits per heavy atom. The largest absolute Gasteiger partial charge is 0.593 e. The van der Waals surface area contributed by atoms with Crippen LogP contribution < -0.4 is 15.1 Å². The number of hydrogen-bond acceptors (Lipinski definition) is 8. The second-order valence-corrected chi connectivity index (χ2v) is 12.0. The maximum absolute atomic E-state index is 12.1. The minimum atomic E-state index is -1.44. The highest BCUT2D eigenvalue weighted by molar-refractivity contribution is 7.90. The van der Waals surface area contributed by atoms with Crippen molar-refractivity contribution in [3.63, 3.8) is 0 Å². The van der Waals surface area contributed by atoms with Crippen LogP contribution in [-0.4, -0.2) is 61.6 Å². The molecule has 0 fully saturated rings. The molecule has 0 radical (unpaired) electrons. The topological polar surface area (TPSA) is 165 Å². The first kappa shape index (κ1) is 36.4. The van der Waals surface area contributed by atoms with Crippen LogP contribution in [0.3, 0.4) is 0 Å². The van der Waals surface area contributed by atoms with Crippen LogP contribution in [0.2, 0.25) is 0 Å². The maximum Gasteiger partial charge on any atom is 0.261 e. The molecule has 4 N–H and O–H groups in total. The predicted molar refractivity (Wildman–Crippen MR) is 162 cm³/mol. The summed E-state index contributed by atoms with van der Waals surface area (Å²) in [4.78, 5) is 34.6. The number of nitrogens with zero attached hydrogens (tertiary/aromatic N) is 3. The standard InChI is InChI=1S/C27H52N7O4PS/c35-23-24(31-39)17-14-15-21-28-26(36)20-16-22-40(38)32-27(37)19-13-11-9-7-5-3-1-2-4-6-8-10-12-18-25-29-33-34-30-25/h23-24,31H,1-22,39H2,(H,28,36)(H,32,37)(H,29,30,33,34)/t24-,40?/m0/s1. The van der Waals surface area contributed by atoms with E-state index in [0.29, 0.717) is 19.4 Å². The Morgan fingerprint density at radius 2 is 1.45 bits per heavy atom. The van der Waals surface area contributed by atoms with Gasteiger partial charge in [0.05, 0.1) is 17.4 Å². The highest BCUT2D eigenvalue weighted by Crippen LogP contribution is 2.13. The van der Waals surface area contributed by atoms with Crippen LogP contribution in [-0.2, 0) is 32.2 Å². The van der Waals surface area contributed by atoms with Crippen molar-refractivity contribution in [3.05, 3.63) is 5.82 Å². The number of H-pyrrole nitrogens is 1. The molecule has 0 spiro atoms. The molecule has 230 valence electrons. The molecule has 1 aromatic heterocycles. The number of tetrazole rings is 1. The van der Waals surface area contributed by atoms with E-state index in [1.54, 1.807) is 0 Å². The molecule has 3 atom stereocenters. The Morgan fingerprint density at radius 3 is 2.02 bits per heavy atom. The number of carbonyl (C=O) groups is 3. The number of nitrogens with one attached hydrogen (secondary N) is 4. The van der Waals surface area contributed by atoms with Crippen molar-refractivity contribution in [1.29, 1.82) is 0 Å². The molecular weight excluding hydrogens is 549 g/mol. The normalized spacial score (nSPS) is 12.7. The summed E-state index contributed by atoms with van der Waals surface area (Å²) in [5, 5.41) is 19.5. The van der Waals surface area contributed by atoms with Crippen LogP contribution in [0.4, 0.5) is 0 Å². The Hall–Kier alpha value is -1.62. The lowest BCUT2D eigenvalue weighted by Gasteiger charge is -2.11. The van der Waals surface area contributed by atoms with Gasteiger partial charge in [0, 0.05) is 32.2 Å². The zero-order chi connectivity index (χ0) is 29.1. The number of unbranched alkanes of at least 4 members (excludes halogenated alkanes) is 13. The van der Waals surface area contributed by atoms with E-state index in [1.165, 1.54) is 57.8 Å². The molecule has 2 amide bonds. The monoisotopic (exact) mass is 601 g/mol. The summed E-state index contributed by atoms with van der Waals surface area (Å²) in [6.45, 7) is 0.562. The molecule has 40 heavy (non-hydrogen) atoms. The Bertz CT molecular complexity index is 761. The SMILES string of the molecule is O=C[C@H](CCCCNC(=O)CCC[S+]([O-])NC(=O)CCCCCCCCCCCCCCCc1nnn[nH]1)NP. The summed E-state index contributed by atoms with van der Waals surface area (Å²) in [5.41, 5.74) is 0. The molecule has 1 aromatic rings. The van der Waals surface area contributed by atoms with Crippen molar-refractivity contribution < 1.29 is 18.9 Å². The van der Waals surface area contributed by atoms with E-state index < -0.39 is 11.4 Å². The van der Waals surface area contributed by atoms with Gasteiger partial charge in [-0.2, -0.15) is 4.72 Å². The summed E-state index contributed by atoms with van der Waals surface area (Å²) in [5.74, 6) is 0.904. The van der Waals surface area contributed by atoms with E-state index in [0.717, 1.165) is 63.5 Å². The van der Waals surface area contributed by atoms with Gasteiger partial charge >= 0.3 is 0 Å². The number of aldehydes is 1. The van der Waals surface area contributed by atoms with Crippen LogP contribution in [0.5, 0.6) is 0 Å². The van der Waals surface area contributed by atoms with Gasteiger partial charge in [-0.15, -0.1) is 5.10 Å². The van der Waals surface area contributed by atoms with Gasteiger partial charge in [-0.25, -0.2) is 5.10 Å². The van der Waals surface area contributed by atoms with Gasteiger partial charge < -0.3 is 14.7 Å². The number of amides is 2. The van der Waals surface area contributed by atoms with Gasteiger partial charge in [-0.3, -0.25) is 14.7 Å². The first-order valence-corrected chi connectivity index (χ1v) is 17.0. The minimum Gasteiger partial charge on any atom is -0.593 e. The Labute approximate surface area is 245 Å². The lowest BCUT2D eigenvalue weighted by molar-refractivity contribution is -0.121. The highest BCUT2D eigenvalue weighted by Gasteiger charge is 2.13. The molecular formula is C27H52N7O4PS. The molecule has 0 aromatic carbocycles. The fourth-order valence-corrected chi connectivity index (χ4v) is 5.51. The second kappa shape index (κ2) is 26.3. The van der Waals surface area contributed by atoms with Crippen molar-refractivity contribution in [2.45, 2.75) is 134 Å². The molecule has 1 heterocycles. The summed E-state index contributed by atoms with van der Waals surface area (Å²) in [6, 6.07) is -0.168. The highest BCUT2D eigenvalue weighted by atomic mass is 32.2. The zero-order valence-corrected chi connectivity index (χ0v) is 26.1. The van der Waals surface area contributed by atoms with Crippen LogP contribution >= 0.6 is 9.39 Å². The molecule has 0 aliphatic rings. The molecule has 1 rings (SSSR count). The van der Waals surface area contributed by atoms with Crippen molar-refractivity contribution in [1.82, 2.24) is 35.8 Å². The third-order valence-electron chi connectivity index (χ3n) is 6.81. The molecule has 0 saturated heterocycles. The van der Waals surface area contributed by atoms with Gasteiger partial charge in [0.15, 0.2) is 0 Å². The number of carbonyl (C=O) groups excluding carboxylic acids is 3. The molecule has 0 aliphatic heterocycles. The molecule has 0 bridgehead atoms. The number of rotatable bonds is 28. The Balaban J connectivity index is 1.81. The summed E-state index contributed by atoms with van der Waals surface area (Å²) in [7, 11) is 2.33. The first-order valence-electron chi connectivity index (χ1n) is 15.1. The first-order chi connectivity index (χ1) is 19.5. The van der Waals surface area contributed by atoms with Gasteiger partial charge in [-0.05, 0) is 42.5 Å². The number of aromatic amines is 1. The number of aromatic nitrogens is 4. The van der Waals surface area contributed by atoms with Gasteiger partial charge in [-0.1, -0.05) is 80.0 Å². The van der Waals surface area contributed by atoms with Crippen molar-refractivity contribution >= 4 is 38.9 Å². The average Bonchev–Trinajstić information content (AvgIpc) is 3.46. The maximum atomic E-state index is 12.1. The Kier molecular flexibility index (Phi) is 23.9. The fourth-order valence-electron chi connectivity index (χ4n) is 4.40. The number of hydrogen-bond donors (Lipinski definition) is 4. The van der Waals surface area contributed by atoms with Gasteiger partial charge in [0.2, 0.25) is 5.91 Å². The second-order valence-electron chi connectivity index (χ2n) is 10.4. The van der Waals surface area contributed by atoms with E-state index in [4.69, 9.17) is 0 Å². The third kappa shape index (κ3) is 22.1. The van der Waals surface area contributed by atoms with Crippen LogP contribution in [0, 0.1) is 0 Å². The van der Waals surface area contributed by atoms with E-state index in [-0.39, 0.29) is 30.0 Å². The minimum absolute atomic E-state index is 0.0798. The van der Waals surface area contributed by atoms with Crippen LogP contribution in [0.25, 0.3) is 0 Å². The summed E-state index contributed by atoms with van der Waals surface area (Å²) < 4.78 is 14.6. The summed E-state index contributed by atoms with van der Waals surface area (Å²) in [6.07, 6.45) is 21.0. The third-order valence-corrected chi connectivity index (χ3v) is 8.35. The zero-order valence-electron chi connectivity index (χ0n) is 24.2. The smallest absolute Gasteiger partial charge is 0.261 e. The van der Waals surface area contributed by atoms with Crippen LogP contribution in [0.1, 0.15) is 128 Å². The van der Waals surface area contributed by atoms with Gasteiger partial charge in [0.25, 0.3) is 5.91 Å². The quantitative estimate of drug-likeness (QED) is 0.0484. The molecule has 11 nitrogen and oxygen atoms in total. The molecule has 13 heteroatoms.